The number of nitrogens with one attached hydrogen (secondary N) is 1. The first-order chi connectivity index (χ1) is 13.7. The Kier molecular flexibility index (Phi) is 7.37. The number of hydrogen-bond donors (Lipinski definition) is 1. The fourth-order valence-corrected chi connectivity index (χ4v) is 3.30. The van der Waals surface area contributed by atoms with Gasteiger partial charge in [-0.1, -0.05) is 24.3 Å². The first-order valence-corrected chi connectivity index (χ1v) is 9.88. The van der Waals surface area contributed by atoms with E-state index in [0.29, 0.717) is 18.0 Å². The van der Waals surface area contributed by atoms with Crippen LogP contribution in [0.3, 0.4) is 0 Å². The second-order valence-corrected chi connectivity index (χ2v) is 7.09. The van der Waals surface area contributed by atoms with Crippen molar-refractivity contribution >= 4 is 29.7 Å². The molecule has 0 aliphatic carbocycles. The monoisotopic (exact) mass is 399 g/mol. The van der Waals surface area contributed by atoms with Crippen LogP contribution in [-0.2, 0) is 14.3 Å². The standard InChI is InChI=1S/C21H21NO5S/c23-20(22-11-4-12-28-17-5-2-1-3-6-17)14-25-21(24)10-8-16-7-9-18-19(13-16)27-15-26-18/h1-3,5-10,13H,4,11-12,14-15H2,(H,22,23)/b10-8+. The number of amides is 1. The molecule has 2 aromatic rings. The molecule has 3 rings (SSSR count). The number of thioether (sulfide) groups is 1. The number of ether oxygens (including phenoxy) is 3. The van der Waals surface area contributed by atoms with E-state index < -0.39 is 5.97 Å². The van der Waals surface area contributed by atoms with E-state index in [9.17, 15) is 9.59 Å². The topological polar surface area (TPSA) is 73.9 Å². The van der Waals surface area contributed by atoms with Crippen molar-refractivity contribution in [2.45, 2.75) is 11.3 Å². The highest BCUT2D eigenvalue weighted by Crippen LogP contribution is 2.32. The summed E-state index contributed by atoms with van der Waals surface area (Å²) in [7, 11) is 0. The molecule has 146 valence electrons. The van der Waals surface area contributed by atoms with Crippen LogP contribution in [0.5, 0.6) is 11.5 Å². The maximum absolute atomic E-state index is 11.7. The van der Waals surface area contributed by atoms with E-state index in [1.54, 1.807) is 36.0 Å². The molecule has 1 N–H and O–H groups in total. The molecule has 1 heterocycles. The summed E-state index contributed by atoms with van der Waals surface area (Å²) in [5.41, 5.74) is 0.779. The van der Waals surface area contributed by atoms with Crippen LogP contribution in [0, 0.1) is 0 Å². The first kappa shape index (κ1) is 19.8. The van der Waals surface area contributed by atoms with Crippen molar-refractivity contribution in [3.05, 3.63) is 60.2 Å². The molecule has 0 bridgehead atoms. The lowest BCUT2D eigenvalue weighted by Gasteiger charge is -2.05. The Labute approximate surface area is 167 Å². The molecule has 0 aromatic heterocycles. The molecule has 1 aliphatic heterocycles. The third kappa shape index (κ3) is 6.35. The predicted molar refractivity (Wildman–Crippen MR) is 107 cm³/mol. The predicted octanol–water partition coefficient (Wildman–Crippen LogP) is 3.27. The molecule has 1 amide bonds. The lowest BCUT2D eigenvalue weighted by atomic mass is 10.2. The lowest BCUT2D eigenvalue weighted by Crippen LogP contribution is -2.29. The summed E-state index contributed by atoms with van der Waals surface area (Å²) < 4.78 is 15.5. The highest BCUT2D eigenvalue weighted by molar-refractivity contribution is 7.99. The van der Waals surface area contributed by atoms with Crippen LogP contribution < -0.4 is 14.8 Å². The van der Waals surface area contributed by atoms with E-state index in [4.69, 9.17) is 14.2 Å². The third-order valence-electron chi connectivity index (χ3n) is 3.81. The molecule has 0 spiro atoms. The minimum absolute atomic E-state index is 0.199. The van der Waals surface area contributed by atoms with Crippen LogP contribution in [-0.4, -0.2) is 37.6 Å². The summed E-state index contributed by atoms with van der Waals surface area (Å²) in [5.74, 6) is 1.34. The molecule has 0 fully saturated rings. The SMILES string of the molecule is O=C(COC(=O)/C=C/c1ccc2c(c1)OCO2)NCCCSc1ccccc1. The van der Waals surface area contributed by atoms with Gasteiger partial charge in [0.2, 0.25) is 6.79 Å². The molecule has 2 aromatic carbocycles. The van der Waals surface area contributed by atoms with E-state index in [2.05, 4.69) is 17.4 Å². The van der Waals surface area contributed by atoms with Crippen LogP contribution in [0.15, 0.2) is 59.5 Å². The van der Waals surface area contributed by atoms with Gasteiger partial charge >= 0.3 is 5.97 Å². The first-order valence-electron chi connectivity index (χ1n) is 8.90. The second-order valence-electron chi connectivity index (χ2n) is 5.92. The van der Waals surface area contributed by atoms with Crippen molar-refractivity contribution in [2.75, 3.05) is 25.7 Å². The minimum Gasteiger partial charge on any atom is -0.454 e. The molecular formula is C21H21NO5S. The van der Waals surface area contributed by atoms with Gasteiger partial charge in [0.05, 0.1) is 0 Å². The molecule has 0 saturated heterocycles. The molecule has 0 saturated carbocycles. The van der Waals surface area contributed by atoms with Crippen molar-refractivity contribution < 1.29 is 23.8 Å². The summed E-state index contributed by atoms with van der Waals surface area (Å²) in [6.07, 6.45) is 3.72. The smallest absolute Gasteiger partial charge is 0.331 e. The Morgan fingerprint density at radius 3 is 2.79 bits per heavy atom. The van der Waals surface area contributed by atoms with Crippen LogP contribution >= 0.6 is 11.8 Å². The molecule has 1 aliphatic rings. The van der Waals surface area contributed by atoms with Crippen molar-refractivity contribution in [1.82, 2.24) is 5.32 Å². The van der Waals surface area contributed by atoms with Gasteiger partial charge in [-0.3, -0.25) is 4.79 Å². The van der Waals surface area contributed by atoms with Crippen LogP contribution in [0.1, 0.15) is 12.0 Å². The maximum atomic E-state index is 11.7. The summed E-state index contributed by atoms with van der Waals surface area (Å²) in [6.45, 7) is 0.448. The van der Waals surface area contributed by atoms with Crippen molar-refractivity contribution in [1.29, 1.82) is 0 Å². The Hall–Kier alpha value is -2.93. The summed E-state index contributed by atoms with van der Waals surface area (Å²) in [6, 6.07) is 15.4. The lowest BCUT2D eigenvalue weighted by molar-refractivity contribution is -0.143. The fourth-order valence-electron chi connectivity index (χ4n) is 2.42. The van der Waals surface area contributed by atoms with Gasteiger partial charge in [-0.25, -0.2) is 4.79 Å². The van der Waals surface area contributed by atoms with Gasteiger partial charge in [0.25, 0.3) is 5.91 Å². The van der Waals surface area contributed by atoms with Crippen LogP contribution in [0.25, 0.3) is 6.08 Å². The molecule has 7 heteroatoms. The Bertz CT molecular complexity index is 838. The fraction of sp³-hybridized carbons (Fsp3) is 0.238. The van der Waals surface area contributed by atoms with E-state index >= 15 is 0 Å². The number of carbonyl (C=O) groups excluding carboxylic acids is 2. The summed E-state index contributed by atoms with van der Waals surface area (Å²) >= 11 is 1.74. The number of benzene rings is 2. The van der Waals surface area contributed by atoms with Crippen molar-refractivity contribution in [3.63, 3.8) is 0 Å². The van der Waals surface area contributed by atoms with Gasteiger partial charge in [-0.05, 0) is 48.1 Å². The Morgan fingerprint density at radius 1 is 1.11 bits per heavy atom. The highest BCUT2D eigenvalue weighted by atomic mass is 32.2. The van der Waals surface area contributed by atoms with E-state index in [0.717, 1.165) is 17.7 Å². The summed E-state index contributed by atoms with van der Waals surface area (Å²) in [4.78, 5) is 24.7. The molecular weight excluding hydrogens is 378 g/mol. The van der Waals surface area contributed by atoms with E-state index in [1.165, 1.54) is 11.0 Å². The molecule has 28 heavy (non-hydrogen) atoms. The molecule has 6 nitrogen and oxygen atoms in total. The van der Waals surface area contributed by atoms with Crippen LogP contribution in [0.4, 0.5) is 0 Å². The molecule has 0 atom stereocenters. The average Bonchev–Trinajstić information content (AvgIpc) is 3.19. The van der Waals surface area contributed by atoms with Crippen molar-refractivity contribution in [2.24, 2.45) is 0 Å². The number of carbonyl (C=O) groups is 2. The van der Waals surface area contributed by atoms with Gasteiger partial charge in [-0.2, -0.15) is 0 Å². The van der Waals surface area contributed by atoms with Crippen LogP contribution in [0.2, 0.25) is 0 Å². The zero-order valence-corrected chi connectivity index (χ0v) is 16.1. The van der Waals surface area contributed by atoms with E-state index in [1.807, 2.05) is 18.2 Å². The molecule has 0 radical (unpaired) electrons. The van der Waals surface area contributed by atoms with Crippen molar-refractivity contribution in [3.8, 4) is 11.5 Å². The third-order valence-corrected chi connectivity index (χ3v) is 4.91. The quantitative estimate of drug-likeness (QED) is 0.302. The van der Waals surface area contributed by atoms with E-state index in [-0.39, 0.29) is 19.3 Å². The highest BCUT2D eigenvalue weighted by Gasteiger charge is 2.12. The number of fused-ring (bicyclic) bond motifs is 1. The summed E-state index contributed by atoms with van der Waals surface area (Å²) in [5, 5.41) is 2.74. The van der Waals surface area contributed by atoms with Gasteiger partial charge in [-0.15, -0.1) is 11.8 Å². The maximum Gasteiger partial charge on any atom is 0.331 e. The minimum atomic E-state index is -0.576. The Balaban J connectivity index is 1.29. The second kappa shape index (κ2) is 10.4. The molecule has 0 unspecified atom stereocenters. The van der Waals surface area contributed by atoms with Gasteiger partial charge in [0, 0.05) is 17.5 Å². The number of esters is 1. The number of hydrogen-bond acceptors (Lipinski definition) is 6. The largest absolute Gasteiger partial charge is 0.454 e. The van der Waals surface area contributed by atoms with Gasteiger partial charge in [0.1, 0.15) is 0 Å². The average molecular weight is 399 g/mol. The zero-order chi connectivity index (χ0) is 19.6. The zero-order valence-electron chi connectivity index (χ0n) is 15.3. The Morgan fingerprint density at radius 2 is 1.93 bits per heavy atom. The normalized spacial score (nSPS) is 12.1. The number of rotatable bonds is 9. The van der Waals surface area contributed by atoms with Gasteiger partial charge < -0.3 is 19.5 Å². The van der Waals surface area contributed by atoms with Gasteiger partial charge in [0.15, 0.2) is 18.1 Å².